The van der Waals surface area contributed by atoms with E-state index < -0.39 is 0 Å². The van der Waals surface area contributed by atoms with Crippen molar-refractivity contribution in [2.75, 3.05) is 0 Å². The highest BCUT2D eigenvalue weighted by Gasteiger charge is 2.08. The van der Waals surface area contributed by atoms with Gasteiger partial charge in [0.15, 0.2) is 0 Å². The van der Waals surface area contributed by atoms with Gasteiger partial charge in [0.25, 0.3) is 0 Å². The Hall–Kier alpha value is -1.22. The standard InChI is InChI=1S/C13H14FNS/c1-8(2)12-7-15-13(16-12)10-4-9(3)5-11(14)6-10/h4-8H,1-3H3. The molecule has 2 aromatic rings. The molecule has 1 aromatic heterocycles. The lowest BCUT2D eigenvalue weighted by Gasteiger charge is -2.00. The Morgan fingerprint density at radius 2 is 2.00 bits per heavy atom. The third-order valence-corrected chi connectivity index (χ3v) is 3.73. The Morgan fingerprint density at radius 3 is 2.56 bits per heavy atom. The summed E-state index contributed by atoms with van der Waals surface area (Å²) >= 11 is 1.63. The maximum absolute atomic E-state index is 13.3. The number of benzene rings is 1. The van der Waals surface area contributed by atoms with Crippen LogP contribution in [-0.4, -0.2) is 4.98 Å². The van der Waals surface area contributed by atoms with Crippen LogP contribution in [0, 0.1) is 12.7 Å². The molecule has 0 aliphatic carbocycles. The SMILES string of the molecule is Cc1cc(F)cc(-c2ncc(C(C)C)s2)c1. The second kappa shape index (κ2) is 4.34. The normalized spacial score (nSPS) is 11.1. The van der Waals surface area contributed by atoms with Crippen LogP contribution in [0.15, 0.2) is 24.4 Å². The number of aryl methyl sites for hydroxylation is 1. The molecule has 0 amide bonds. The number of hydrogen-bond acceptors (Lipinski definition) is 2. The molecule has 16 heavy (non-hydrogen) atoms. The molecule has 0 aliphatic heterocycles. The van der Waals surface area contributed by atoms with Gasteiger partial charge in [0.1, 0.15) is 10.8 Å². The average Bonchev–Trinajstić information content (AvgIpc) is 2.64. The van der Waals surface area contributed by atoms with Crippen molar-refractivity contribution in [3.05, 3.63) is 40.7 Å². The van der Waals surface area contributed by atoms with Gasteiger partial charge in [0.2, 0.25) is 0 Å². The molecule has 0 spiro atoms. The van der Waals surface area contributed by atoms with Crippen molar-refractivity contribution >= 4 is 11.3 Å². The maximum atomic E-state index is 13.3. The van der Waals surface area contributed by atoms with Gasteiger partial charge in [-0.2, -0.15) is 0 Å². The Labute approximate surface area is 99.0 Å². The molecule has 1 nitrogen and oxygen atoms in total. The fourth-order valence-corrected chi connectivity index (χ4v) is 2.45. The lowest BCUT2D eigenvalue weighted by Crippen LogP contribution is -1.81. The minimum Gasteiger partial charge on any atom is -0.244 e. The lowest BCUT2D eigenvalue weighted by atomic mass is 10.1. The second-order valence-electron chi connectivity index (χ2n) is 4.24. The molecule has 0 aliphatic rings. The number of rotatable bonds is 2. The van der Waals surface area contributed by atoms with E-state index in [4.69, 9.17) is 0 Å². The molecule has 0 fully saturated rings. The largest absolute Gasteiger partial charge is 0.244 e. The van der Waals surface area contributed by atoms with Crippen LogP contribution in [0.3, 0.4) is 0 Å². The first-order chi connectivity index (χ1) is 7.56. The summed E-state index contributed by atoms with van der Waals surface area (Å²) in [4.78, 5) is 5.58. The van der Waals surface area contributed by atoms with E-state index in [1.807, 2.05) is 19.2 Å². The van der Waals surface area contributed by atoms with Crippen molar-refractivity contribution in [1.29, 1.82) is 0 Å². The first-order valence-corrected chi connectivity index (χ1v) is 6.11. The summed E-state index contributed by atoms with van der Waals surface area (Å²) in [5, 5.41) is 0.895. The van der Waals surface area contributed by atoms with Gasteiger partial charge in [-0.15, -0.1) is 11.3 Å². The van der Waals surface area contributed by atoms with E-state index in [0.29, 0.717) is 5.92 Å². The summed E-state index contributed by atoms with van der Waals surface area (Å²) in [6.07, 6.45) is 1.88. The van der Waals surface area contributed by atoms with Gasteiger partial charge < -0.3 is 0 Å². The highest BCUT2D eigenvalue weighted by molar-refractivity contribution is 7.15. The van der Waals surface area contributed by atoms with Crippen molar-refractivity contribution in [2.24, 2.45) is 0 Å². The fraction of sp³-hybridized carbons (Fsp3) is 0.308. The number of nitrogens with zero attached hydrogens (tertiary/aromatic N) is 1. The molecule has 0 atom stereocenters. The summed E-state index contributed by atoms with van der Waals surface area (Å²) in [7, 11) is 0. The zero-order valence-corrected chi connectivity index (χ0v) is 10.4. The molecule has 0 saturated carbocycles. The van der Waals surface area contributed by atoms with Gasteiger partial charge in [-0.3, -0.25) is 0 Å². The molecule has 0 unspecified atom stereocenters. The molecule has 1 heterocycles. The molecular formula is C13H14FNS. The van der Waals surface area contributed by atoms with E-state index in [-0.39, 0.29) is 5.82 Å². The van der Waals surface area contributed by atoms with Crippen LogP contribution < -0.4 is 0 Å². The van der Waals surface area contributed by atoms with Gasteiger partial charge in [0, 0.05) is 16.6 Å². The minimum atomic E-state index is -0.198. The second-order valence-corrected chi connectivity index (χ2v) is 5.30. The van der Waals surface area contributed by atoms with Crippen LogP contribution in [0.4, 0.5) is 4.39 Å². The summed E-state index contributed by atoms with van der Waals surface area (Å²) in [5.74, 6) is 0.275. The third-order valence-electron chi connectivity index (χ3n) is 2.38. The van der Waals surface area contributed by atoms with E-state index in [0.717, 1.165) is 16.1 Å². The minimum absolute atomic E-state index is 0.198. The quantitative estimate of drug-likeness (QED) is 0.752. The Balaban J connectivity index is 2.42. The van der Waals surface area contributed by atoms with Gasteiger partial charge in [-0.25, -0.2) is 9.37 Å². The molecule has 0 bridgehead atoms. The zero-order valence-electron chi connectivity index (χ0n) is 9.62. The van der Waals surface area contributed by atoms with Crippen molar-refractivity contribution in [3.8, 4) is 10.6 Å². The van der Waals surface area contributed by atoms with E-state index in [9.17, 15) is 4.39 Å². The maximum Gasteiger partial charge on any atom is 0.124 e. The summed E-state index contributed by atoms with van der Waals surface area (Å²) in [5.41, 5.74) is 1.80. The molecular weight excluding hydrogens is 221 g/mol. The van der Waals surface area contributed by atoms with Crippen molar-refractivity contribution < 1.29 is 4.39 Å². The first-order valence-electron chi connectivity index (χ1n) is 5.29. The number of thiazole rings is 1. The Kier molecular flexibility index (Phi) is 3.06. The third kappa shape index (κ3) is 2.30. The average molecular weight is 235 g/mol. The van der Waals surface area contributed by atoms with Crippen LogP contribution in [-0.2, 0) is 0 Å². The number of halogens is 1. The van der Waals surface area contributed by atoms with Crippen LogP contribution in [0.2, 0.25) is 0 Å². The monoisotopic (exact) mass is 235 g/mol. The molecule has 0 saturated heterocycles. The lowest BCUT2D eigenvalue weighted by molar-refractivity contribution is 0.627. The molecule has 0 radical (unpaired) electrons. The molecule has 3 heteroatoms. The van der Waals surface area contributed by atoms with Gasteiger partial charge in [-0.05, 0) is 36.6 Å². The predicted molar refractivity (Wildman–Crippen MR) is 66.3 cm³/mol. The Bertz CT molecular complexity index is 482. The first kappa shape index (κ1) is 11.3. The predicted octanol–water partition coefficient (Wildman–Crippen LogP) is 4.38. The summed E-state index contributed by atoms with van der Waals surface area (Å²) < 4.78 is 13.3. The summed E-state index contributed by atoms with van der Waals surface area (Å²) in [6.45, 7) is 6.16. The van der Waals surface area contributed by atoms with Gasteiger partial charge >= 0.3 is 0 Å². The van der Waals surface area contributed by atoms with Gasteiger partial charge in [0.05, 0.1) is 0 Å². The molecule has 0 N–H and O–H groups in total. The van der Waals surface area contributed by atoms with Crippen molar-refractivity contribution in [2.45, 2.75) is 26.7 Å². The zero-order chi connectivity index (χ0) is 11.7. The summed E-state index contributed by atoms with van der Waals surface area (Å²) in [6, 6.07) is 5.03. The Morgan fingerprint density at radius 1 is 1.25 bits per heavy atom. The number of aromatic nitrogens is 1. The number of hydrogen-bond donors (Lipinski definition) is 0. The van der Waals surface area contributed by atoms with Crippen LogP contribution in [0.5, 0.6) is 0 Å². The van der Waals surface area contributed by atoms with Gasteiger partial charge in [-0.1, -0.05) is 13.8 Å². The molecule has 1 aromatic carbocycles. The van der Waals surface area contributed by atoms with E-state index in [2.05, 4.69) is 18.8 Å². The highest BCUT2D eigenvalue weighted by atomic mass is 32.1. The van der Waals surface area contributed by atoms with Crippen LogP contribution >= 0.6 is 11.3 Å². The highest BCUT2D eigenvalue weighted by Crippen LogP contribution is 2.30. The fourth-order valence-electron chi connectivity index (χ4n) is 1.55. The van der Waals surface area contributed by atoms with E-state index >= 15 is 0 Å². The van der Waals surface area contributed by atoms with E-state index in [1.54, 1.807) is 11.3 Å². The topological polar surface area (TPSA) is 12.9 Å². The smallest absolute Gasteiger partial charge is 0.124 e. The molecule has 84 valence electrons. The van der Waals surface area contributed by atoms with Crippen LogP contribution in [0.1, 0.15) is 30.2 Å². The van der Waals surface area contributed by atoms with Crippen molar-refractivity contribution in [3.63, 3.8) is 0 Å². The molecule has 2 rings (SSSR count). The van der Waals surface area contributed by atoms with Crippen molar-refractivity contribution in [1.82, 2.24) is 4.98 Å². The van der Waals surface area contributed by atoms with Crippen LogP contribution in [0.25, 0.3) is 10.6 Å². The van der Waals surface area contributed by atoms with E-state index in [1.165, 1.54) is 17.0 Å².